The molecule has 1 fully saturated rings. The third-order valence-corrected chi connectivity index (χ3v) is 5.31. The number of carbonyl (C=O) groups excluding carboxylic acids is 1. The Morgan fingerprint density at radius 3 is 2.38 bits per heavy atom. The number of nitrogens with zero attached hydrogens (tertiary/aromatic N) is 1. The van der Waals surface area contributed by atoms with Crippen molar-refractivity contribution in [3.8, 4) is 0 Å². The van der Waals surface area contributed by atoms with E-state index in [2.05, 4.69) is 54.4 Å². The highest BCUT2D eigenvalue weighted by Crippen LogP contribution is 2.25. The first kappa shape index (κ1) is 18.7. The van der Waals surface area contributed by atoms with Gasteiger partial charge in [0.15, 0.2) is 0 Å². The summed E-state index contributed by atoms with van der Waals surface area (Å²) in [5.74, 6) is 0.0890. The quantitative estimate of drug-likeness (QED) is 0.773. The molecule has 3 nitrogen and oxygen atoms in total. The summed E-state index contributed by atoms with van der Waals surface area (Å²) in [6.07, 6.45) is 5.84. The molecule has 26 heavy (non-hydrogen) atoms. The molecule has 3 rings (SSSR count). The summed E-state index contributed by atoms with van der Waals surface area (Å²) in [4.78, 5) is 15.1. The lowest BCUT2D eigenvalue weighted by atomic mass is 10.0. The zero-order chi connectivity index (χ0) is 18.4. The number of nitrogens with one attached hydrogen (secondary N) is 1. The van der Waals surface area contributed by atoms with E-state index in [1.165, 1.54) is 31.2 Å². The Morgan fingerprint density at radius 2 is 1.69 bits per heavy atom. The Balaban J connectivity index is 1.67. The first-order chi connectivity index (χ1) is 12.6. The minimum atomic E-state index is 0.0890. The number of amides is 1. The van der Waals surface area contributed by atoms with Crippen LogP contribution in [0.4, 0.5) is 5.69 Å². The molecule has 0 aliphatic heterocycles. The van der Waals surface area contributed by atoms with Gasteiger partial charge in [-0.3, -0.25) is 9.69 Å². The maximum absolute atomic E-state index is 12.7. The first-order valence-corrected chi connectivity index (χ1v) is 9.81. The number of benzene rings is 2. The van der Waals surface area contributed by atoms with Crippen molar-refractivity contribution >= 4 is 11.6 Å². The van der Waals surface area contributed by atoms with Crippen LogP contribution in [0.15, 0.2) is 54.6 Å². The third-order valence-electron chi connectivity index (χ3n) is 5.31. The second-order valence-electron chi connectivity index (χ2n) is 7.57. The average molecular weight is 351 g/mol. The Morgan fingerprint density at radius 1 is 1.04 bits per heavy atom. The van der Waals surface area contributed by atoms with Crippen molar-refractivity contribution in [2.45, 2.75) is 58.0 Å². The fraction of sp³-hybridized carbons (Fsp3) is 0.435. The van der Waals surface area contributed by atoms with Crippen LogP contribution in [-0.4, -0.2) is 29.4 Å². The molecular weight excluding hydrogens is 320 g/mol. The van der Waals surface area contributed by atoms with Crippen molar-refractivity contribution in [2.24, 2.45) is 0 Å². The molecule has 1 aliphatic carbocycles. The zero-order valence-electron chi connectivity index (χ0n) is 15.9. The summed E-state index contributed by atoms with van der Waals surface area (Å²) in [6.45, 7) is 4.85. The van der Waals surface area contributed by atoms with Gasteiger partial charge in [0.2, 0.25) is 5.91 Å². The normalized spacial score (nSPS) is 14.9. The molecule has 0 bridgehead atoms. The SMILES string of the molecule is CC(C)N(CC(=O)Nc1ccccc1Cc1ccccc1)C1CCCC1. The average Bonchev–Trinajstić information content (AvgIpc) is 3.16. The number of anilines is 1. The molecule has 3 heteroatoms. The highest BCUT2D eigenvalue weighted by molar-refractivity contribution is 5.93. The number of para-hydroxylation sites is 1. The van der Waals surface area contributed by atoms with Gasteiger partial charge in [-0.05, 0) is 50.3 Å². The number of carbonyl (C=O) groups is 1. The van der Waals surface area contributed by atoms with Crippen LogP contribution in [-0.2, 0) is 11.2 Å². The van der Waals surface area contributed by atoms with Gasteiger partial charge in [0, 0.05) is 17.8 Å². The van der Waals surface area contributed by atoms with Gasteiger partial charge in [0.25, 0.3) is 0 Å². The predicted molar refractivity (Wildman–Crippen MR) is 108 cm³/mol. The summed E-state index contributed by atoms with van der Waals surface area (Å²) in [7, 11) is 0. The van der Waals surface area contributed by atoms with E-state index >= 15 is 0 Å². The van der Waals surface area contributed by atoms with Gasteiger partial charge in [-0.15, -0.1) is 0 Å². The van der Waals surface area contributed by atoms with E-state index < -0.39 is 0 Å². The van der Waals surface area contributed by atoms with Crippen LogP contribution in [0.1, 0.15) is 50.7 Å². The van der Waals surface area contributed by atoms with Crippen molar-refractivity contribution in [3.05, 3.63) is 65.7 Å². The molecule has 0 heterocycles. The Bertz CT molecular complexity index is 705. The van der Waals surface area contributed by atoms with E-state index in [1.54, 1.807) is 0 Å². The maximum atomic E-state index is 12.7. The molecule has 2 aromatic carbocycles. The number of rotatable bonds is 7. The molecule has 0 radical (unpaired) electrons. The van der Waals surface area contributed by atoms with Gasteiger partial charge >= 0.3 is 0 Å². The van der Waals surface area contributed by atoms with Crippen LogP contribution in [0.2, 0.25) is 0 Å². The van der Waals surface area contributed by atoms with Crippen molar-refractivity contribution < 1.29 is 4.79 Å². The molecule has 1 aliphatic rings. The minimum absolute atomic E-state index is 0.0890. The Hall–Kier alpha value is -2.13. The predicted octanol–water partition coefficient (Wildman–Crippen LogP) is 4.87. The molecular formula is C23H30N2O. The van der Waals surface area contributed by atoms with Gasteiger partial charge in [-0.1, -0.05) is 61.4 Å². The van der Waals surface area contributed by atoms with Gasteiger partial charge < -0.3 is 5.32 Å². The first-order valence-electron chi connectivity index (χ1n) is 9.81. The molecule has 1 saturated carbocycles. The topological polar surface area (TPSA) is 32.3 Å². The van der Waals surface area contributed by atoms with E-state index in [-0.39, 0.29) is 5.91 Å². The van der Waals surface area contributed by atoms with Crippen molar-refractivity contribution in [3.63, 3.8) is 0 Å². The van der Waals surface area contributed by atoms with Crippen LogP contribution in [0.5, 0.6) is 0 Å². The van der Waals surface area contributed by atoms with E-state index in [4.69, 9.17) is 0 Å². The standard InChI is InChI=1S/C23H30N2O/c1-18(2)25(21-13-7-8-14-21)17-23(26)24-22-15-9-6-12-20(22)16-19-10-4-3-5-11-19/h3-6,9-12,15,18,21H,7-8,13-14,16-17H2,1-2H3,(H,24,26). The molecule has 0 unspecified atom stereocenters. The molecule has 138 valence electrons. The van der Waals surface area contributed by atoms with Gasteiger partial charge in [-0.2, -0.15) is 0 Å². The molecule has 0 spiro atoms. The summed E-state index contributed by atoms with van der Waals surface area (Å²) < 4.78 is 0. The summed E-state index contributed by atoms with van der Waals surface area (Å²) in [6, 6.07) is 19.5. The van der Waals surface area contributed by atoms with Crippen molar-refractivity contribution in [2.75, 3.05) is 11.9 Å². The fourth-order valence-electron chi connectivity index (χ4n) is 3.94. The molecule has 1 N–H and O–H groups in total. The Labute approximate surface area is 157 Å². The van der Waals surface area contributed by atoms with Crippen molar-refractivity contribution in [1.82, 2.24) is 4.90 Å². The monoisotopic (exact) mass is 350 g/mol. The number of hydrogen-bond donors (Lipinski definition) is 1. The molecule has 0 saturated heterocycles. The largest absolute Gasteiger partial charge is 0.325 e. The van der Waals surface area contributed by atoms with Crippen molar-refractivity contribution in [1.29, 1.82) is 0 Å². The lowest BCUT2D eigenvalue weighted by Crippen LogP contribution is -2.43. The second kappa shape index (κ2) is 9.00. The molecule has 0 aromatic heterocycles. The fourth-order valence-corrected chi connectivity index (χ4v) is 3.94. The molecule has 1 amide bonds. The zero-order valence-corrected chi connectivity index (χ0v) is 15.9. The Kier molecular flexibility index (Phi) is 6.45. The van der Waals surface area contributed by atoms with Gasteiger partial charge in [-0.25, -0.2) is 0 Å². The minimum Gasteiger partial charge on any atom is -0.325 e. The van der Waals surface area contributed by atoms with Gasteiger partial charge in [0.05, 0.1) is 6.54 Å². The lowest BCUT2D eigenvalue weighted by Gasteiger charge is -2.32. The van der Waals surface area contributed by atoms with Gasteiger partial charge in [0.1, 0.15) is 0 Å². The van der Waals surface area contributed by atoms with E-state index in [1.807, 2.05) is 24.3 Å². The smallest absolute Gasteiger partial charge is 0.238 e. The van der Waals surface area contributed by atoms with Crippen LogP contribution in [0.25, 0.3) is 0 Å². The third kappa shape index (κ3) is 4.95. The van der Waals surface area contributed by atoms with E-state index in [9.17, 15) is 4.79 Å². The van der Waals surface area contributed by atoms with Crippen LogP contribution >= 0.6 is 0 Å². The van der Waals surface area contributed by atoms with E-state index in [0.717, 1.165) is 17.7 Å². The highest BCUT2D eigenvalue weighted by Gasteiger charge is 2.26. The second-order valence-corrected chi connectivity index (χ2v) is 7.57. The van der Waals surface area contributed by atoms with E-state index in [0.29, 0.717) is 18.6 Å². The number of hydrogen-bond acceptors (Lipinski definition) is 2. The summed E-state index contributed by atoms with van der Waals surface area (Å²) >= 11 is 0. The molecule has 2 aromatic rings. The molecule has 0 atom stereocenters. The van der Waals surface area contributed by atoms with Crippen LogP contribution < -0.4 is 5.32 Å². The lowest BCUT2D eigenvalue weighted by molar-refractivity contribution is -0.118. The van der Waals surface area contributed by atoms with Crippen LogP contribution in [0.3, 0.4) is 0 Å². The highest BCUT2D eigenvalue weighted by atomic mass is 16.2. The summed E-state index contributed by atoms with van der Waals surface area (Å²) in [5.41, 5.74) is 3.34. The maximum Gasteiger partial charge on any atom is 0.238 e. The summed E-state index contributed by atoms with van der Waals surface area (Å²) in [5, 5.41) is 3.16. The van der Waals surface area contributed by atoms with Crippen LogP contribution in [0, 0.1) is 0 Å².